The van der Waals surface area contributed by atoms with E-state index in [9.17, 15) is 9.60 Å². The van der Waals surface area contributed by atoms with E-state index < -0.39 is 5.67 Å². The Kier molecular flexibility index (Phi) is 7.14. The number of nitrogens with zero attached hydrogens (tertiary/aromatic N) is 1. The van der Waals surface area contributed by atoms with E-state index in [1.54, 1.807) is 6.21 Å². The lowest BCUT2D eigenvalue weighted by Crippen LogP contribution is -2.47. The zero-order chi connectivity index (χ0) is 21.6. The van der Waals surface area contributed by atoms with Gasteiger partial charge in [0, 0.05) is 16.1 Å². The fourth-order valence-electron chi connectivity index (χ4n) is 4.41. The lowest BCUT2D eigenvalue weighted by atomic mass is 9.70. The monoisotopic (exact) mass is 417 g/mol. The van der Waals surface area contributed by atoms with E-state index in [-0.39, 0.29) is 9.82 Å². The quantitative estimate of drug-likeness (QED) is 0.322. The van der Waals surface area contributed by atoms with Crippen LogP contribution in [0.25, 0.3) is 0 Å². The fraction of sp³-hybridized carbons (Fsp3) is 0.480. The molecule has 3 rings (SSSR count). The standard InChI is InChI=1S/C25H34FN3O.3H2/c1-4-20(23(29-30)21-10-9-11-21)18-27-19(3)28-25(22-12-7-6-8-13-22)16-14-24(26,5-2)15-17-25;;;/h4,6-8,12-13,18,28-30H,3,5,9-11,14-17H2,1-2H3;3*1H/b20-4+,27-18-;;;. The molecule has 0 heterocycles. The van der Waals surface area contributed by atoms with Crippen molar-refractivity contribution in [3.8, 4) is 0 Å². The van der Waals surface area contributed by atoms with Crippen LogP contribution in [0.2, 0.25) is 0 Å². The predicted molar refractivity (Wildman–Crippen MR) is 127 cm³/mol. The van der Waals surface area contributed by atoms with Crippen molar-refractivity contribution in [2.75, 3.05) is 0 Å². The minimum Gasteiger partial charge on any atom is -0.361 e. The number of benzene rings is 1. The summed E-state index contributed by atoms with van der Waals surface area (Å²) >= 11 is 0. The second kappa shape index (κ2) is 9.61. The minimum atomic E-state index is -1.08. The van der Waals surface area contributed by atoms with Crippen molar-refractivity contribution in [3.63, 3.8) is 0 Å². The van der Waals surface area contributed by atoms with Gasteiger partial charge in [-0.15, -0.1) is 0 Å². The van der Waals surface area contributed by atoms with Gasteiger partial charge >= 0.3 is 0 Å². The van der Waals surface area contributed by atoms with E-state index in [1.807, 2.05) is 38.1 Å². The molecule has 3 N–H and O–H groups in total. The Labute approximate surface area is 184 Å². The summed E-state index contributed by atoms with van der Waals surface area (Å²) < 4.78 is 14.9. The molecular formula is C25H40FN3O. The maximum Gasteiger partial charge on any atom is 0.119 e. The number of hydrogen-bond acceptors (Lipinski definition) is 4. The average Bonchev–Trinajstić information content (AvgIpc) is 2.74. The van der Waals surface area contributed by atoms with Crippen LogP contribution in [0.4, 0.5) is 4.39 Å². The lowest BCUT2D eigenvalue weighted by Gasteiger charge is -2.44. The van der Waals surface area contributed by atoms with Crippen LogP contribution >= 0.6 is 0 Å². The van der Waals surface area contributed by atoms with Crippen LogP contribution in [0.5, 0.6) is 0 Å². The molecule has 0 radical (unpaired) electrons. The first kappa shape index (κ1) is 22.3. The average molecular weight is 418 g/mol. The highest BCUT2D eigenvalue weighted by Gasteiger charge is 2.43. The van der Waals surface area contributed by atoms with E-state index >= 15 is 0 Å². The van der Waals surface area contributed by atoms with Gasteiger partial charge in [-0.1, -0.05) is 49.9 Å². The van der Waals surface area contributed by atoms with Gasteiger partial charge in [0.25, 0.3) is 0 Å². The van der Waals surface area contributed by atoms with Crippen LogP contribution in [-0.2, 0) is 5.54 Å². The van der Waals surface area contributed by atoms with Gasteiger partial charge in [-0.25, -0.2) is 9.38 Å². The summed E-state index contributed by atoms with van der Waals surface area (Å²) in [4.78, 5) is 4.55. The molecule has 30 heavy (non-hydrogen) atoms. The molecule has 0 unspecified atom stereocenters. The maximum absolute atomic E-state index is 14.9. The Bertz CT molecular complexity index is 842. The van der Waals surface area contributed by atoms with Gasteiger partial charge in [-0.2, -0.15) is 0 Å². The third kappa shape index (κ3) is 4.84. The molecule has 0 saturated heterocycles. The zero-order valence-corrected chi connectivity index (χ0v) is 18.2. The lowest BCUT2D eigenvalue weighted by molar-refractivity contribution is 0.0579. The summed E-state index contributed by atoms with van der Waals surface area (Å²) in [5.74, 6) is 0.539. The van der Waals surface area contributed by atoms with E-state index in [0.29, 0.717) is 37.9 Å². The summed E-state index contributed by atoms with van der Waals surface area (Å²) in [7, 11) is 0. The summed E-state index contributed by atoms with van der Waals surface area (Å²) in [6.07, 6.45) is 9.77. The maximum atomic E-state index is 14.9. The van der Waals surface area contributed by atoms with Crippen molar-refractivity contribution in [3.05, 3.63) is 71.2 Å². The molecule has 0 atom stereocenters. The first-order valence-electron chi connectivity index (χ1n) is 11.0. The van der Waals surface area contributed by atoms with Gasteiger partial charge in [0.15, 0.2) is 0 Å². The largest absolute Gasteiger partial charge is 0.361 e. The molecular weight excluding hydrogens is 377 g/mol. The van der Waals surface area contributed by atoms with E-state index in [2.05, 4.69) is 34.5 Å². The summed E-state index contributed by atoms with van der Waals surface area (Å²) in [6.45, 7) is 7.96. The van der Waals surface area contributed by atoms with Gasteiger partial charge in [-0.3, -0.25) is 10.7 Å². The first-order valence-corrected chi connectivity index (χ1v) is 11.0. The molecule has 0 amide bonds. The second-order valence-corrected chi connectivity index (χ2v) is 8.47. The SMILES string of the molecule is C=C(/N=C\C(=C/C)C(NO)=C1CCC1)NC1(c2ccccc2)CCC(F)(CC)CC1.[HH].[HH].[HH]. The van der Waals surface area contributed by atoms with Crippen LogP contribution in [0.15, 0.2) is 70.6 Å². The Balaban J connectivity index is 0.00000341. The van der Waals surface area contributed by atoms with Gasteiger partial charge in [0.1, 0.15) is 11.5 Å². The molecule has 168 valence electrons. The molecule has 0 aromatic heterocycles. The third-order valence-electron chi connectivity index (χ3n) is 6.72. The highest BCUT2D eigenvalue weighted by molar-refractivity contribution is 5.85. The smallest absolute Gasteiger partial charge is 0.119 e. The third-order valence-corrected chi connectivity index (χ3v) is 6.72. The van der Waals surface area contributed by atoms with Crippen molar-refractivity contribution in [1.29, 1.82) is 0 Å². The van der Waals surface area contributed by atoms with Crippen molar-refractivity contribution >= 4 is 6.21 Å². The molecule has 2 fully saturated rings. The normalized spacial score (nSPS) is 26.9. The highest BCUT2D eigenvalue weighted by Crippen LogP contribution is 2.45. The van der Waals surface area contributed by atoms with Crippen molar-refractivity contribution in [2.24, 2.45) is 4.99 Å². The van der Waals surface area contributed by atoms with Crippen LogP contribution < -0.4 is 10.8 Å². The molecule has 0 aliphatic heterocycles. The van der Waals surface area contributed by atoms with Gasteiger partial charge in [0.2, 0.25) is 0 Å². The summed E-state index contributed by atoms with van der Waals surface area (Å²) in [5, 5.41) is 13.1. The molecule has 1 aromatic carbocycles. The second-order valence-electron chi connectivity index (χ2n) is 8.47. The zero-order valence-electron chi connectivity index (χ0n) is 18.2. The number of allylic oxidation sites excluding steroid dienone is 3. The van der Waals surface area contributed by atoms with E-state index in [0.717, 1.165) is 36.1 Å². The number of alkyl halides is 1. The summed E-state index contributed by atoms with van der Waals surface area (Å²) in [5.41, 5.74) is 4.80. The van der Waals surface area contributed by atoms with E-state index in [1.165, 1.54) is 5.57 Å². The van der Waals surface area contributed by atoms with Crippen molar-refractivity contribution in [2.45, 2.75) is 76.4 Å². The molecule has 4 nitrogen and oxygen atoms in total. The molecule has 0 bridgehead atoms. The van der Waals surface area contributed by atoms with Crippen LogP contribution in [-0.4, -0.2) is 17.1 Å². The Morgan fingerprint density at radius 3 is 2.40 bits per heavy atom. The molecule has 0 spiro atoms. The minimum absolute atomic E-state index is 0. The fourth-order valence-corrected chi connectivity index (χ4v) is 4.41. The van der Waals surface area contributed by atoms with Gasteiger partial charge in [0.05, 0.1) is 11.2 Å². The first-order chi connectivity index (χ1) is 14.4. The molecule has 2 aliphatic carbocycles. The number of hydroxylamine groups is 1. The number of nitrogens with one attached hydrogen (secondary N) is 2. The van der Waals surface area contributed by atoms with Crippen LogP contribution in [0, 0.1) is 0 Å². The number of aliphatic imine (C=N–C) groups is 1. The van der Waals surface area contributed by atoms with E-state index in [4.69, 9.17) is 0 Å². The van der Waals surface area contributed by atoms with Crippen LogP contribution in [0.3, 0.4) is 0 Å². The Morgan fingerprint density at radius 2 is 1.90 bits per heavy atom. The Morgan fingerprint density at radius 1 is 1.23 bits per heavy atom. The van der Waals surface area contributed by atoms with Crippen molar-refractivity contribution in [1.82, 2.24) is 10.8 Å². The molecule has 2 saturated carbocycles. The molecule has 1 aromatic rings. The molecule has 2 aliphatic rings. The number of hydrogen-bond donors (Lipinski definition) is 3. The molecule has 5 heteroatoms. The van der Waals surface area contributed by atoms with Crippen molar-refractivity contribution < 1.29 is 13.9 Å². The highest BCUT2D eigenvalue weighted by atomic mass is 19.1. The Hall–Kier alpha value is -2.40. The number of halogens is 1. The van der Waals surface area contributed by atoms with Gasteiger partial charge in [-0.05, 0) is 69.4 Å². The number of rotatable bonds is 8. The van der Waals surface area contributed by atoms with Crippen LogP contribution in [0.1, 0.15) is 75.1 Å². The predicted octanol–water partition coefficient (Wildman–Crippen LogP) is 6.81. The van der Waals surface area contributed by atoms with Gasteiger partial charge < -0.3 is 5.32 Å². The summed E-state index contributed by atoms with van der Waals surface area (Å²) in [6, 6.07) is 10.2. The topological polar surface area (TPSA) is 56.7 Å².